The van der Waals surface area contributed by atoms with Crippen LogP contribution in [-0.2, 0) is 4.74 Å². The summed E-state index contributed by atoms with van der Waals surface area (Å²) in [6.45, 7) is 9.26. The Morgan fingerprint density at radius 3 is 1.91 bits per heavy atom. The summed E-state index contributed by atoms with van der Waals surface area (Å²) in [5.74, 6) is 0. The van der Waals surface area contributed by atoms with Gasteiger partial charge in [-0.05, 0) is 23.7 Å². The molecule has 0 aliphatic heterocycles. The van der Waals surface area contributed by atoms with Crippen molar-refractivity contribution in [3.63, 3.8) is 0 Å². The maximum Gasteiger partial charge on any atom is 0.0627 e. The van der Waals surface area contributed by atoms with Crippen molar-refractivity contribution in [2.75, 3.05) is 7.11 Å². The lowest BCUT2D eigenvalue weighted by Gasteiger charge is -2.25. The van der Waals surface area contributed by atoms with E-state index in [4.69, 9.17) is 4.74 Å². The van der Waals surface area contributed by atoms with Crippen molar-refractivity contribution in [1.82, 2.24) is 0 Å². The fraction of sp³-hybridized carbons (Fsp3) is 1.00. The first-order valence-electron chi connectivity index (χ1n) is 4.40. The molecule has 1 aliphatic rings. The van der Waals surface area contributed by atoms with Gasteiger partial charge in [0, 0.05) is 7.11 Å². The molecular formula is C10H20O. The van der Waals surface area contributed by atoms with E-state index in [-0.39, 0.29) is 0 Å². The predicted octanol–water partition coefficient (Wildman–Crippen LogP) is 2.85. The molecular weight excluding hydrogens is 136 g/mol. The second-order valence-electron chi connectivity index (χ2n) is 5.26. The summed E-state index contributed by atoms with van der Waals surface area (Å²) in [7, 11) is 1.83. The zero-order valence-electron chi connectivity index (χ0n) is 8.40. The van der Waals surface area contributed by atoms with Crippen molar-refractivity contribution in [2.24, 2.45) is 10.8 Å². The van der Waals surface area contributed by atoms with Crippen LogP contribution in [0.15, 0.2) is 0 Å². The summed E-state index contributed by atoms with van der Waals surface area (Å²) in [6.07, 6.45) is 2.94. The average molecular weight is 156 g/mol. The van der Waals surface area contributed by atoms with E-state index in [9.17, 15) is 0 Å². The van der Waals surface area contributed by atoms with E-state index in [2.05, 4.69) is 27.7 Å². The fourth-order valence-corrected chi connectivity index (χ4v) is 2.60. The van der Waals surface area contributed by atoms with Crippen LogP contribution in [-0.4, -0.2) is 13.2 Å². The first-order chi connectivity index (χ1) is 4.87. The third-order valence-electron chi connectivity index (χ3n) is 2.83. The highest BCUT2D eigenvalue weighted by atomic mass is 16.5. The molecule has 1 rings (SSSR count). The Morgan fingerprint density at radius 2 is 1.73 bits per heavy atom. The van der Waals surface area contributed by atoms with Crippen LogP contribution in [0.2, 0.25) is 0 Å². The summed E-state index contributed by atoms with van der Waals surface area (Å²) < 4.78 is 5.46. The maximum atomic E-state index is 5.46. The van der Waals surface area contributed by atoms with Gasteiger partial charge in [0.2, 0.25) is 0 Å². The maximum absolute atomic E-state index is 5.46. The first-order valence-corrected chi connectivity index (χ1v) is 4.40. The summed E-state index contributed by atoms with van der Waals surface area (Å²) in [5, 5.41) is 0. The van der Waals surface area contributed by atoms with Crippen molar-refractivity contribution in [2.45, 2.75) is 46.6 Å². The van der Waals surface area contributed by atoms with E-state index in [0.717, 1.165) is 0 Å². The topological polar surface area (TPSA) is 9.23 Å². The highest BCUT2D eigenvalue weighted by Crippen LogP contribution is 2.49. The second kappa shape index (κ2) is 2.48. The van der Waals surface area contributed by atoms with Gasteiger partial charge in [-0.25, -0.2) is 0 Å². The van der Waals surface area contributed by atoms with E-state index < -0.39 is 0 Å². The lowest BCUT2D eigenvalue weighted by molar-refractivity contribution is 0.0300. The SMILES string of the molecule is COC1CC(C)(C)CC1(C)C. The Hall–Kier alpha value is -0.0400. The van der Waals surface area contributed by atoms with Crippen LogP contribution in [0.4, 0.5) is 0 Å². The molecule has 1 heteroatoms. The van der Waals surface area contributed by atoms with Gasteiger partial charge in [0.15, 0.2) is 0 Å². The molecule has 11 heavy (non-hydrogen) atoms. The van der Waals surface area contributed by atoms with Gasteiger partial charge in [-0.1, -0.05) is 27.7 Å². The summed E-state index contributed by atoms with van der Waals surface area (Å²) in [6, 6.07) is 0. The van der Waals surface area contributed by atoms with Gasteiger partial charge in [0.25, 0.3) is 0 Å². The molecule has 0 radical (unpaired) electrons. The number of hydrogen-bond acceptors (Lipinski definition) is 1. The zero-order chi connectivity index (χ0) is 8.70. The molecule has 1 aliphatic carbocycles. The Balaban J connectivity index is 2.71. The smallest absolute Gasteiger partial charge is 0.0627 e. The Morgan fingerprint density at radius 1 is 1.18 bits per heavy atom. The van der Waals surface area contributed by atoms with E-state index in [1.54, 1.807) is 0 Å². The predicted molar refractivity (Wildman–Crippen MR) is 47.6 cm³/mol. The molecule has 66 valence electrons. The highest BCUT2D eigenvalue weighted by Gasteiger charge is 2.44. The van der Waals surface area contributed by atoms with Crippen LogP contribution in [0.5, 0.6) is 0 Å². The Bertz CT molecular complexity index is 147. The lowest BCUT2D eigenvalue weighted by Crippen LogP contribution is -2.24. The third-order valence-corrected chi connectivity index (χ3v) is 2.83. The Kier molecular flexibility index (Phi) is 2.04. The highest BCUT2D eigenvalue weighted by molar-refractivity contribution is 4.95. The van der Waals surface area contributed by atoms with Crippen molar-refractivity contribution in [3.8, 4) is 0 Å². The van der Waals surface area contributed by atoms with Gasteiger partial charge in [-0.3, -0.25) is 0 Å². The molecule has 1 saturated carbocycles. The molecule has 1 nitrogen and oxygen atoms in total. The monoisotopic (exact) mass is 156 g/mol. The van der Waals surface area contributed by atoms with Gasteiger partial charge in [0.05, 0.1) is 6.10 Å². The number of hydrogen-bond donors (Lipinski definition) is 0. The van der Waals surface area contributed by atoms with Crippen LogP contribution in [0, 0.1) is 10.8 Å². The molecule has 1 atom stereocenters. The quantitative estimate of drug-likeness (QED) is 0.567. The second-order valence-corrected chi connectivity index (χ2v) is 5.26. The van der Waals surface area contributed by atoms with Crippen molar-refractivity contribution in [1.29, 1.82) is 0 Å². The lowest BCUT2D eigenvalue weighted by atomic mass is 9.84. The average Bonchev–Trinajstić information content (AvgIpc) is 1.99. The fourth-order valence-electron chi connectivity index (χ4n) is 2.60. The van der Waals surface area contributed by atoms with Crippen LogP contribution in [0.25, 0.3) is 0 Å². The molecule has 0 aromatic carbocycles. The first kappa shape index (κ1) is 9.05. The molecule has 0 amide bonds. The van der Waals surface area contributed by atoms with Crippen molar-refractivity contribution >= 4 is 0 Å². The van der Waals surface area contributed by atoms with Crippen LogP contribution < -0.4 is 0 Å². The van der Waals surface area contributed by atoms with E-state index in [1.165, 1.54) is 12.8 Å². The molecule has 1 fully saturated rings. The van der Waals surface area contributed by atoms with Crippen LogP contribution >= 0.6 is 0 Å². The molecule has 0 aromatic rings. The van der Waals surface area contributed by atoms with Gasteiger partial charge in [-0.2, -0.15) is 0 Å². The third kappa shape index (κ3) is 1.76. The van der Waals surface area contributed by atoms with E-state index in [1.807, 2.05) is 7.11 Å². The zero-order valence-corrected chi connectivity index (χ0v) is 8.40. The van der Waals surface area contributed by atoms with Gasteiger partial charge >= 0.3 is 0 Å². The van der Waals surface area contributed by atoms with Gasteiger partial charge in [0.1, 0.15) is 0 Å². The van der Waals surface area contributed by atoms with Crippen molar-refractivity contribution < 1.29 is 4.74 Å². The van der Waals surface area contributed by atoms with Crippen LogP contribution in [0.1, 0.15) is 40.5 Å². The molecule has 1 unspecified atom stereocenters. The molecule has 0 bridgehead atoms. The summed E-state index contributed by atoms with van der Waals surface area (Å²) >= 11 is 0. The van der Waals surface area contributed by atoms with Crippen LogP contribution in [0.3, 0.4) is 0 Å². The molecule has 0 heterocycles. The van der Waals surface area contributed by atoms with Gasteiger partial charge in [-0.15, -0.1) is 0 Å². The molecule has 0 saturated heterocycles. The van der Waals surface area contributed by atoms with Crippen molar-refractivity contribution in [3.05, 3.63) is 0 Å². The number of methoxy groups -OCH3 is 1. The minimum atomic E-state index is 0.373. The number of ether oxygens (including phenoxy) is 1. The Labute approximate surface area is 70.1 Å². The minimum absolute atomic E-state index is 0.373. The molecule has 0 spiro atoms. The molecule has 0 N–H and O–H groups in total. The number of rotatable bonds is 1. The normalized spacial score (nSPS) is 34.1. The van der Waals surface area contributed by atoms with E-state index >= 15 is 0 Å². The van der Waals surface area contributed by atoms with E-state index in [0.29, 0.717) is 16.9 Å². The summed E-state index contributed by atoms with van der Waals surface area (Å²) in [5.41, 5.74) is 0.850. The summed E-state index contributed by atoms with van der Waals surface area (Å²) in [4.78, 5) is 0. The minimum Gasteiger partial charge on any atom is -0.381 e. The standard InChI is InChI=1S/C10H20O/c1-9(2)6-8(11-5)10(3,4)7-9/h8H,6-7H2,1-5H3. The van der Waals surface area contributed by atoms with Gasteiger partial charge < -0.3 is 4.74 Å². The molecule has 0 aromatic heterocycles. The largest absolute Gasteiger partial charge is 0.381 e.